The van der Waals surface area contributed by atoms with E-state index in [0.29, 0.717) is 17.2 Å². The molecule has 0 saturated carbocycles. The van der Waals surface area contributed by atoms with Crippen molar-refractivity contribution in [2.75, 3.05) is 32.1 Å². The van der Waals surface area contributed by atoms with Crippen molar-refractivity contribution in [1.29, 1.82) is 0 Å². The van der Waals surface area contributed by atoms with Crippen LogP contribution in [0.15, 0.2) is 24.3 Å². The Balaban J connectivity index is 1.76. The first-order valence-corrected chi connectivity index (χ1v) is 7.70. The maximum Gasteiger partial charge on any atom is 0.269 e. The molecule has 0 aromatic heterocycles. The number of hydrogen-bond acceptors (Lipinski definition) is 4. The molecule has 1 amide bonds. The summed E-state index contributed by atoms with van der Waals surface area (Å²) in [5.41, 5.74) is 6.83. The lowest BCUT2D eigenvalue weighted by Gasteiger charge is -2.15. The largest absolute Gasteiger partial charge is 0.378 e. The molecule has 1 fully saturated rings. The predicted octanol–water partition coefficient (Wildman–Crippen LogP) is 1.04. The van der Waals surface area contributed by atoms with Crippen molar-refractivity contribution in [1.82, 2.24) is 16.2 Å². The fourth-order valence-corrected chi connectivity index (χ4v) is 2.30. The third-order valence-electron chi connectivity index (χ3n) is 3.43. The van der Waals surface area contributed by atoms with Gasteiger partial charge in [0.2, 0.25) is 0 Å². The number of ether oxygens (including phenoxy) is 1. The highest BCUT2D eigenvalue weighted by Crippen LogP contribution is 2.13. The zero-order valence-electron chi connectivity index (χ0n) is 12.9. The minimum atomic E-state index is -0.232. The van der Waals surface area contributed by atoms with E-state index in [9.17, 15) is 4.79 Å². The molecule has 120 valence electrons. The Morgan fingerprint density at radius 1 is 1.41 bits per heavy atom. The van der Waals surface area contributed by atoms with Gasteiger partial charge in [0.15, 0.2) is 5.11 Å². The molecule has 0 aliphatic carbocycles. The lowest BCUT2D eigenvalue weighted by molar-refractivity contribution is 0.0943. The van der Waals surface area contributed by atoms with Crippen molar-refractivity contribution in [3.8, 4) is 0 Å². The van der Waals surface area contributed by atoms with Gasteiger partial charge in [0.25, 0.3) is 5.91 Å². The van der Waals surface area contributed by atoms with Crippen molar-refractivity contribution < 1.29 is 9.53 Å². The number of anilines is 1. The zero-order valence-corrected chi connectivity index (χ0v) is 13.7. The first kappa shape index (κ1) is 16.5. The number of amides is 1. The summed E-state index contributed by atoms with van der Waals surface area (Å²) in [5.74, 6) is -0.232. The monoisotopic (exact) mass is 322 g/mol. The average Bonchev–Trinajstić information content (AvgIpc) is 3.04. The predicted molar refractivity (Wildman–Crippen MR) is 90.9 cm³/mol. The number of nitrogens with one attached hydrogen (secondary N) is 3. The minimum absolute atomic E-state index is 0.201. The summed E-state index contributed by atoms with van der Waals surface area (Å²) in [5, 5.41) is 3.42. The van der Waals surface area contributed by atoms with Gasteiger partial charge in [-0.3, -0.25) is 15.6 Å². The van der Waals surface area contributed by atoms with Crippen LogP contribution in [0.4, 0.5) is 5.69 Å². The number of thiocarbonyl (C=S) groups is 1. The Hall–Kier alpha value is -1.86. The molecule has 2 rings (SSSR count). The summed E-state index contributed by atoms with van der Waals surface area (Å²) in [6.07, 6.45) is 2.33. The van der Waals surface area contributed by atoms with E-state index in [1.54, 1.807) is 6.07 Å². The van der Waals surface area contributed by atoms with Gasteiger partial charge < -0.3 is 15.0 Å². The fourth-order valence-electron chi connectivity index (χ4n) is 2.17. The number of carbonyl (C=O) groups is 1. The second-order valence-corrected chi connectivity index (χ2v) is 5.78. The third kappa shape index (κ3) is 4.85. The van der Waals surface area contributed by atoms with E-state index in [4.69, 9.17) is 17.0 Å². The third-order valence-corrected chi connectivity index (χ3v) is 3.67. The molecule has 0 radical (unpaired) electrons. The van der Waals surface area contributed by atoms with Gasteiger partial charge in [0, 0.05) is 38.5 Å². The maximum atomic E-state index is 12.1. The summed E-state index contributed by atoms with van der Waals surface area (Å²) in [6.45, 7) is 1.46. The van der Waals surface area contributed by atoms with Crippen molar-refractivity contribution in [3.05, 3.63) is 29.8 Å². The van der Waals surface area contributed by atoms with Crippen LogP contribution in [0.1, 0.15) is 23.2 Å². The molecule has 1 aromatic rings. The van der Waals surface area contributed by atoms with Gasteiger partial charge in [-0.2, -0.15) is 0 Å². The molecule has 1 aliphatic heterocycles. The molecule has 7 heteroatoms. The van der Waals surface area contributed by atoms with E-state index in [2.05, 4.69) is 16.2 Å². The summed E-state index contributed by atoms with van der Waals surface area (Å²) in [6, 6.07) is 7.36. The fraction of sp³-hybridized carbons (Fsp3) is 0.467. The second kappa shape index (κ2) is 7.95. The topological polar surface area (TPSA) is 65.6 Å². The van der Waals surface area contributed by atoms with E-state index in [-0.39, 0.29) is 12.0 Å². The van der Waals surface area contributed by atoms with Crippen LogP contribution in [0, 0.1) is 0 Å². The van der Waals surface area contributed by atoms with Crippen LogP contribution in [0.2, 0.25) is 0 Å². The molecule has 1 heterocycles. The van der Waals surface area contributed by atoms with Gasteiger partial charge in [-0.05, 0) is 43.3 Å². The van der Waals surface area contributed by atoms with Crippen LogP contribution in [0.5, 0.6) is 0 Å². The quantitative estimate of drug-likeness (QED) is 0.569. The Bertz CT molecular complexity index is 530. The van der Waals surface area contributed by atoms with Crippen LogP contribution >= 0.6 is 12.2 Å². The summed E-state index contributed by atoms with van der Waals surface area (Å²) >= 11 is 5.12. The minimum Gasteiger partial charge on any atom is -0.378 e. The van der Waals surface area contributed by atoms with Crippen molar-refractivity contribution in [3.63, 3.8) is 0 Å². The average molecular weight is 322 g/mol. The summed E-state index contributed by atoms with van der Waals surface area (Å²) in [4.78, 5) is 14.0. The van der Waals surface area contributed by atoms with E-state index in [0.717, 1.165) is 25.1 Å². The Labute approximate surface area is 136 Å². The number of hydrogen-bond donors (Lipinski definition) is 3. The molecule has 0 spiro atoms. The van der Waals surface area contributed by atoms with Gasteiger partial charge in [-0.25, -0.2) is 0 Å². The molecule has 1 unspecified atom stereocenters. The van der Waals surface area contributed by atoms with Crippen LogP contribution in [0.25, 0.3) is 0 Å². The maximum absolute atomic E-state index is 12.1. The number of benzene rings is 1. The molecule has 0 bridgehead atoms. The van der Waals surface area contributed by atoms with Gasteiger partial charge >= 0.3 is 0 Å². The highest BCUT2D eigenvalue weighted by molar-refractivity contribution is 7.80. The SMILES string of the molecule is CN(C)c1cccc(C(=O)NNC(=S)NCC2CCCO2)c1. The molecule has 22 heavy (non-hydrogen) atoms. The standard InChI is InChI=1S/C15H22N4O2S/c1-19(2)12-6-3-5-11(9-12)14(20)17-18-15(22)16-10-13-7-4-8-21-13/h3,5-6,9,13H,4,7-8,10H2,1-2H3,(H,17,20)(H2,16,18,22). The molecule has 1 atom stereocenters. The number of hydrazine groups is 1. The van der Waals surface area contributed by atoms with Crippen molar-refractivity contribution >= 4 is 28.9 Å². The van der Waals surface area contributed by atoms with Crippen molar-refractivity contribution in [2.24, 2.45) is 0 Å². The van der Waals surface area contributed by atoms with Crippen LogP contribution in [0.3, 0.4) is 0 Å². The normalized spacial score (nSPS) is 16.9. The van der Waals surface area contributed by atoms with Gasteiger partial charge in [-0.15, -0.1) is 0 Å². The van der Waals surface area contributed by atoms with E-state index in [1.807, 2.05) is 37.2 Å². The number of carbonyl (C=O) groups excluding carboxylic acids is 1. The van der Waals surface area contributed by atoms with E-state index < -0.39 is 0 Å². The van der Waals surface area contributed by atoms with Crippen LogP contribution in [-0.4, -0.2) is 44.4 Å². The zero-order chi connectivity index (χ0) is 15.9. The Kier molecular flexibility index (Phi) is 5.97. The smallest absolute Gasteiger partial charge is 0.269 e. The van der Waals surface area contributed by atoms with Gasteiger partial charge in [0.05, 0.1) is 6.10 Å². The number of nitrogens with zero attached hydrogens (tertiary/aromatic N) is 1. The molecule has 1 saturated heterocycles. The number of rotatable bonds is 4. The molecule has 1 aromatic carbocycles. The first-order valence-electron chi connectivity index (χ1n) is 7.29. The summed E-state index contributed by atoms with van der Waals surface area (Å²) in [7, 11) is 3.86. The highest BCUT2D eigenvalue weighted by atomic mass is 32.1. The van der Waals surface area contributed by atoms with Crippen LogP contribution < -0.4 is 21.1 Å². The molecule has 3 N–H and O–H groups in total. The van der Waals surface area contributed by atoms with Crippen LogP contribution in [-0.2, 0) is 4.74 Å². The Morgan fingerprint density at radius 3 is 2.91 bits per heavy atom. The second-order valence-electron chi connectivity index (χ2n) is 5.37. The van der Waals surface area contributed by atoms with E-state index >= 15 is 0 Å². The summed E-state index contributed by atoms with van der Waals surface area (Å²) < 4.78 is 5.49. The molecule has 6 nitrogen and oxygen atoms in total. The Morgan fingerprint density at radius 2 is 2.23 bits per heavy atom. The highest BCUT2D eigenvalue weighted by Gasteiger charge is 2.15. The lowest BCUT2D eigenvalue weighted by Crippen LogP contribution is -2.48. The molecular weight excluding hydrogens is 300 g/mol. The molecule has 1 aliphatic rings. The van der Waals surface area contributed by atoms with E-state index in [1.165, 1.54) is 0 Å². The first-order chi connectivity index (χ1) is 10.6. The van der Waals surface area contributed by atoms with Gasteiger partial charge in [0.1, 0.15) is 0 Å². The van der Waals surface area contributed by atoms with Gasteiger partial charge in [-0.1, -0.05) is 6.07 Å². The molecular formula is C15H22N4O2S. The lowest BCUT2D eigenvalue weighted by atomic mass is 10.2. The van der Waals surface area contributed by atoms with Crippen molar-refractivity contribution in [2.45, 2.75) is 18.9 Å².